The second-order valence-electron chi connectivity index (χ2n) is 3.76. The molecule has 0 bridgehead atoms. The van der Waals surface area contributed by atoms with Crippen molar-refractivity contribution < 1.29 is 19.4 Å². The van der Waals surface area contributed by atoms with Gasteiger partial charge >= 0.3 is 5.97 Å². The molecule has 1 aromatic carbocycles. The standard InChI is InChI=1S/C14H12O4S/c1-2-18-11-6-5-9(8-10(11)14(16)17)13(15)12-4-3-7-19-12/h3-8H,2H2,1H3,(H,16,17). The molecule has 2 rings (SSSR count). The van der Waals surface area contributed by atoms with E-state index in [9.17, 15) is 9.59 Å². The summed E-state index contributed by atoms with van der Waals surface area (Å²) in [4.78, 5) is 23.9. The summed E-state index contributed by atoms with van der Waals surface area (Å²) < 4.78 is 5.23. The van der Waals surface area contributed by atoms with Crippen LogP contribution in [0.1, 0.15) is 32.5 Å². The zero-order valence-corrected chi connectivity index (χ0v) is 11.1. The number of carbonyl (C=O) groups excluding carboxylic acids is 1. The maximum Gasteiger partial charge on any atom is 0.339 e. The van der Waals surface area contributed by atoms with Crippen molar-refractivity contribution in [3.63, 3.8) is 0 Å². The van der Waals surface area contributed by atoms with E-state index in [4.69, 9.17) is 9.84 Å². The Hall–Kier alpha value is -2.14. The zero-order valence-electron chi connectivity index (χ0n) is 10.3. The third-order valence-electron chi connectivity index (χ3n) is 2.52. The quantitative estimate of drug-likeness (QED) is 0.852. The smallest absolute Gasteiger partial charge is 0.339 e. The third-order valence-corrected chi connectivity index (χ3v) is 3.39. The highest BCUT2D eigenvalue weighted by atomic mass is 32.1. The van der Waals surface area contributed by atoms with Crippen molar-refractivity contribution in [3.05, 3.63) is 51.7 Å². The third kappa shape index (κ3) is 2.82. The fourth-order valence-corrected chi connectivity index (χ4v) is 2.36. The molecule has 0 fully saturated rings. The van der Waals surface area contributed by atoms with Crippen LogP contribution >= 0.6 is 11.3 Å². The van der Waals surface area contributed by atoms with Crippen LogP contribution in [0.2, 0.25) is 0 Å². The molecule has 0 atom stereocenters. The van der Waals surface area contributed by atoms with E-state index in [1.165, 1.54) is 23.5 Å². The molecule has 1 aromatic heterocycles. The van der Waals surface area contributed by atoms with Crippen molar-refractivity contribution in [2.75, 3.05) is 6.61 Å². The van der Waals surface area contributed by atoms with Crippen LogP contribution in [0.4, 0.5) is 0 Å². The predicted molar refractivity (Wildman–Crippen MR) is 72.3 cm³/mol. The molecular weight excluding hydrogens is 264 g/mol. The van der Waals surface area contributed by atoms with E-state index >= 15 is 0 Å². The second kappa shape index (κ2) is 5.67. The van der Waals surface area contributed by atoms with Gasteiger partial charge in [-0.05, 0) is 36.6 Å². The maximum absolute atomic E-state index is 12.1. The van der Waals surface area contributed by atoms with Crippen molar-refractivity contribution in [3.8, 4) is 5.75 Å². The van der Waals surface area contributed by atoms with E-state index in [1.54, 1.807) is 30.5 Å². The Morgan fingerprint density at radius 2 is 2.11 bits per heavy atom. The number of ketones is 1. The highest BCUT2D eigenvalue weighted by Gasteiger charge is 2.16. The Morgan fingerprint density at radius 3 is 2.68 bits per heavy atom. The first-order valence-corrected chi connectivity index (χ1v) is 6.59. The Kier molecular flexibility index (Phi) is 3.97. The van der Waals surface area contributed by atoms with Crippen LogP contribution in [0.3, 0.4) is 0 Å². The van der Waals surface area contributed by atoms with Gasteiger partial charge in [0.05, 0.1) is 11.5 Å². The van der Waals surface area contributed by atoms with Crippen LogP contribution < -0.4 is 4.74 Å². The molecule has 0 aliphatic heterocycles. The number of hydrogen-bond donors (Lipinski definition) is 1. The average molecular weight is 276 g/mol. The minimum Gasteiger partial charge on any atom is -0.493 e. The fraction of sp³-hybridized carbons (Fsp3) is 0.143. The van der Waals surface area contributed by atoms with Gasteiger partial charge < -0.3 is 9.84 Å². The molecule has 98 valence electrons. The van der Waals surface area contributed by atoms with Crippen LogP contribution in [0.5, 0.6) is 5.75 Å². The summed E-state index contributed by atoms with van der Waals surface area (Å²) in [6.07, 6.45) is 0. The van der Waals surface area contributed by atoms with Gasteiger partial charge in [-0.3, -0.25) is 4.79 Å². The highest BCUT2D eigenvalue weighted by Crippen LogP contribution is 2.23. The van der Waals surface area contributed by atoms with Gasteiger partial charge in [-0.1, -0.05) is 6.07 Å². The largest absolute Gasteiger partial charge is 0.493 e. The number of rotatable bonds is 5. The molecule has 0 saturated heterocycles. The molecule has 4 nitrogen and oxygen atoms in total. The molecule has 0 amide bonds. The van der Waals surface area contributed by atoms with Gasteiger partial charge in [0.2, 0.25) is 5.78 Å². The minimum absolute atomic E-state index is 0.00394. The topological polar surface area (TPSA) is 63.6 Å². The number of thiophene rings is 1. The van der Waals surface area contributed by atoms with Crippen molar-refractivity contribution >= 4 is 23.1 Å². The molecule has 1 N–H and O–H groups in total. The van der Waals surface area contributed by atoms with E-state index in [-0.39, 0.29) is 17.1 Å². The van der Waals surface area contributed by atoms with E-state index < -0.39 is 5.97 Å². The maximum atomic E-state index is 12.1. The van der Waals surface area contributed by atoms with Crippen molar-refractivity contribution in [2.45, 2.75) is 6.92 Å². The van der Waals surface area contributed by atoms with Gasteiger partial charge in [-0.15, -0.1) is 11.3 Å². The van der Waals surface area contributed by atoms with E-state index in [0.29, 0.717) is 17.0 Å². The highest BCUT2D eigenvalue weighted by molar-refractivity contribution is 7.12. The minimum atomic E-state index is -1.11. The fourth-order valence-electron chi connectivity index (χ4n) is 1.67. The van der Waals surface area contributed by atoms with Gasteiger partial charge in [0, 0.05) is 5.56 Å². The number of hydrogen-bond acceptors (Lipinski definition) is 4. The van der Waals surface area contributed by atoms with Gasteiger partial charge in [0.15, 0.2) is 0 Å². The summed E-state index contributed by atoms with van der Waals surface area (Å²) in [5.41, 5.74) is 0.354. The number of ether oxygens (including phenoxy) is 1. The summed E-state index contributed by atoms with van der Waals surface area (Å²) in [6, 6.07) is 7.96. The summed E-state index contributed by atoms with van der Waals surface area (Å²) in [5, 5.41) is 10.9. The first-order valence-electron chi connectivity index (χ1n) is 5.71. The summed E-state index contributed by atoms with van der Waals surface area (Å²) >= 11 is 1.33. The van der Waals surface area contributed by atoms with Gasteiger partial charge in [0.25, 0.3) is 0 Å². The van der Waals surface area contributed by atoms with Gasteiger partial charge in [-0.2, -0.15) is 0 Å². The lowest BCUT2D eigenvalue weighted by Gasteiger charge is -2.08. The number of carboxylic acids is 1. The Bertz CT molecular complexity index is 602. The van der Waals surface area contributed by atoms with Gasteiger partial charge in [-0.25, -0.2) is 4.79 Å². The SMILES string of the molecule is CCOc1ccc(C(=O)c2cccs2)cc1C(=O)O. The van der Waals surface area contributed by atoms with Crippen LogP contribution in [-0.4, -0.2) is 23.5 Å². The van der Waals surface area contributed by atoms with Gasteiger partial charge in [0.1, 0.15) is 11.3 Å². The van der Waals surface area contributed by atoms with Crippen LogP contribution in [-0.2, 0) is 0 Å². The Labute approximate surface area is 114 Å². The van der Waals surface area contributed by atoms with Crippen molar-refractivity contribution in [1.82, 2.24) is 0 Å². The number of benzene rings is 1. The molecule has 0 unspecified atom stereocenters. The Morgan fingerprint density at radius 1 is 1.32 bits per heavy atom. The monoisotopic (exact) mass is 276 g/mol. The molecule has 1 heterocycles. The number of aromatic carboxylic acids is 1. The van der Waals surface area contributed by atoms with Crippen LogP contribution in [0.15, 0.2) is 35.7 Å². The van der Waals surface area contributed by atoms with Crippen LogP contribution in [0, 0.1) is 0 Å². The summed E-state index contributed by atoms with van der Waals surface area (Å²) in [7, 11) is 0. The van der Waals surface area contributed by atoms with E-state index in [1.807, 2.05) is 0 Å². The lowest BCUT2D eigenvalue weighted by atomic mass is 10.1. The zero-order chi connectivity index (χ0) is 13.8. The molecule has 0 radical (unpaired) electrons. The lowest BCUT2D eigenvalue weighted by Crippen LogP contribution is -2.06. The lowest BCUT2D eigenvalue weighted by molar-refractivity contribution is 0.0692. The van der Waals surface area contributed by atoms with Crippen LogP contribution in [0.25, 0.3) is 0 Å². The van der Waals surface area contributed by atoms with E-state index in [0.717, 1.165) is 0 Å². The van der Waals surface area contributed by atoms with Crippen molar-refractivity contribution in [2.24, 2.45) is 0 Å². The number of carbonyl (C=O) groups is 2. The molecule has 0 aliphatic rings. The molecule has 0 saturated carbocycles. The first-order chi connectivity index (χ1) is 9.13. The number of carboxylic acid groups (broad SMARTS) is 1. The molecule has 19 heavy (non-hydrogen) atoms. The molecule has 5 heteroatoms. The molecular formula is C14H12O4S. The second-order valence-corrected chi connectivity index (χ2v) is 4.70. The predicted octanol–water partition coefficient (Wildman–Crippen LogP) is 3.08. The summed E-state index contributed by atoms with van der Waals surface area (Å²) in [5.74, 6) is -1.01. The normalized spacial score (nSPS) is 10.2. The Balaban J connectivity index is 2.41. The summed E-state index contributed by atoms with van der Waals surface area (Å²) in [6.45, 7) is 2.15. The van der Waals surface area contributed by atoms with Crippen molar-refractivity contribution in [1.29, 1.82) is 0 Å². The van der Waals surface area contributed by atoms with E-state index in [2.05, 4.69) is 0 Å². The average Bonchev–Trinajstić information content (AvgIpc) is 2.92. The first kappa shape index (κ1) is 13.3. The molecule has 2 aromatic rings. The molecule has 0 aliphatic carbocycles. The molecule has 0 spiro atoms.